The first-order valence-corrected chi connectivity index (χ1v) is 6.15. The minimum absolute atomic E-state index is 0.253. The molecule has 1 saturated carbocycles. The van der Waals surface area contributed by atoms with Crippen molar-refractivity contribution in [3.05, 3.63) is 35.6 Å². The van der Waals surface area contributed by atoms with Crippen LogP contribution >= 0.6 is 0 Å². The van der Waals surface area contributed by atoms with Gasteiger partial charge in [0.15, 0.2) is 0 Å². The van der Waals surface area contributed by atoms with E-state index in [0.717, 1.165) is 18.4 Å². The van der Waals surface area contributed by atoms with Crippen LogP contribution in [0.4, 0.5) is 4.39 Å². The van der Waals surface area contributed by atoms with E-state index in [-0.39, 0.29) is 18.3 Å². The monoisotopic (exact) mass is 251 g/mol. The summed E-state index contributed by atoms with van der Waals surface area (Å²) in [7, 11) is 1.39. The van der Waals surface area contributed by atoms with Crippen LogP contribution in [0.5, 0.6) is 0 Å². The zero-order valence-corrected chi connectivity index (χ0v) is 10.5. The summed E-state index contributed by atoms with van der Waals surface area (Å²) in [6, 6.07) is 6.21. The van der Waals surface area contributed by atoms with Crippen molar-refractivity contribution in [1.29, 1.82) is 0 Å². The van der Waals surface area contributed by atoms with Gasteiger partial charge in [0.25, 0.3) is 0 Å². The van der Waals surface area contributed by atoms with E-state index in [4.69, 9.17) is 10.5 Å². The molecular formula is C14H18FNO2. The Balaban J connectivity index is 2.24. The van der Waals surface area contributed by atoms with Crippen LogP contribution in [0.1, 0.15) is 18.4 Å². The van der Waals surface area contributed by atoms with Crippen LogP contribution in [-0.2, 0) is 16.0 Å². The van der Waals surface area contributed by atoms with Crippen molar-refractivity contribution in [2.45, 2.75) is 19.3 Å². The van der Waals surface area contributed by atoms with Crippen LogP contribution in [0, 0.1) is 17.2 Å². The Morgan fingerprint density at radius 3 is 2.50 bits per heavy atom. The molecule has 1 aliphatic rings. The molecule has 1 fully saturated rings. The highest BCUT2D eigenvalue weighted by atomic mass is 19.1. The molecule has 0 heterocycles. The van der Waals surface area contributed by atoms with Crippen LogP contribution in [0.15, 0.2) is 24.3 Å². The Bertz CT molecular complexity index is 428. The summed E-state index contributed by atoms with van der Waals surface area (Å²) >= 11 is 0. The zero-order chi connectivity index (χ0) is 13.2. The zero-order valence-electron chi connectivity index (χ0n) is 10.5. The summed E-state index contributed by atoms with van der Waals surface area (Å²) < 4.78 is 17.8. The van der Waals surface area contributed by atoms with Crippen LogP contribution in [0.2, 0.25) is 0 Å². The highest BCUT2D eigenvalue weighted by Gasteiger charge is 2.50. The van der Waals surface area contributed by atoms with Gasteiger partial charge in [-0.2, -0.15) is 0 Å². The quantitative estimate of drug-likeness (QED) is 0.813. The summed E-state index contributed by atoms with van der Waals surface area (Å²) in [5.74, 6) is -0.238. The number of methoxy groups -OCH3 is 1. The number of hydrogen-bond acceptors (Lipinski definition) is 3. The molecule has 4 heteroatoms. The molecule has 1 aliphatic carbocycles. The fourth-order valence-corrected chi connectivity index (χ4v) is 2.51. The largest absolute Gasteiger partial charge is 0.469 e. The van der Waals surface area contributed by atoms with Gasteiger partial charge in [0.2, 0.25) is 0 Å². The van der Waals surface area contributed by atoms with E-state index in [0.29, 0.717) is 12.3 Å². The standard InChI is InChI=1S/C14H18FNO2/c1-18-13(17)14(9-16,11-4-5-11)8-10-2-6-12(15)7-3-10/h2-3,6-7,11H,4-5,8-9,16H2,1H3. The SMILES string of the molecule is COC(=O)C(CN)(Cc1ccc(F)cc1)C1CC1. The van der Waals surface area contributed by atoms with E-state index in [1.807, 2.05) is 0 Å². The second kappa shape index (κ2) is 5.06. The maximum absolute atomic E-state index is 12.9. The lowest BCUT2D eigenvalue weighted by atomic mass is 9.77. The molecule has 0 amide bonds. The predicted molar refractivity (Wildman–Crippen MR) is 66.3 cm³/mol. The second-order valence-corrected chi connectivity index (χ2v) is 4.93. The maximum atomic E-state index is 12.9. The van der Waals surface area contributed by atoms with Gasteiger partial charge in [-0.25, -0.2) is 4.39 Å². The van der Waals surface area contributed by atoms with Crippen molar-refractivity contribution in [3.8, 4) is 0 Å². The van der Waals surface area contributed by atoms with Gasteiger partial charge in [-0.3, -0.25) is 4.79 Å². The third kappa shape index (κ3) is 2.38. The molecule has 0 radical (unpaired) electrons. The summed E-state index contributed by atoms with van der Waals surface area (Å²) in [5, 5.41) is 0. The van der Waals surface area contributed by atoms with E-state index in [2.05, 4.69) is 0 Å². The topological polar surface area (TPSA) is 52.3 Å². The fraction of sp³-hybridized carbons (Fsp3) is 0.500. The summed E-state index contributed by atoms with van der Waals surface area (Å²) in [6.45, 7) is 0.266. The number of carbonyl (C=O) groups is 1. The lowest BCUT2D eigenvalue weighted by molar-refractivity contribution is -0.153. The smallest absolute Gasteiger partial charge is 0.313 e. The van der Waals surface area contributed by atoms with Crippen molar-refractivity contribution >= 4 is 5.97 Å². The summed E-state index contributed by atoms with van der Waals surface area (Å²) in [4.78, 5) is 12.0. The molecule has 1 aromatic carbocycles. The average Bonchev–Trinajstić information content (AvgIpc) is 3.22. The van der Waals surface area contributed by atoms with Gasteiger partial charge in [-0.15, -0.1) is 0 Å². The number of carbonyl (C=O) groups excluding carboxylic acids is 1. The first-order valence-electron chi connectivity index (χ1n) is 6.15. The first-order chi connectivity index (χ1) is 8.62. The Hall–Kier alpha value is -1.42. The Morgan fingerprint density at radius 1 is 1.44 bits per heavy atom. The van der Waals surface area contributed by atoms with Crippen molar-refractivity contribution in [2.75, 3.05) is 13.7 Å². The van der Waals surface area contributed by atoms with E-state index in [1.54, 1.807) is 12.1 Å². The number of esters is 1. The van der Waals surface area contributed by atoms with E-state index in [9.17, 15) is 9.18 Å². The molecular weight excluding hydrogens is 233 g/mol. The molecule has 0 aromatic heterocycles. The molecule has 1 unspecified atom stereocenters. The highest BCUT2D eigenvalue weighted by Crippen LogP contribution is 2.47. The van der Waals surface area contributed by atoms with E-state index < -0.39 is 5.41 Å². The first kappa shape index (κ1) is 13.0. The molecule has 18 heavy (non-hydrogen) atoms. The lowest BCUT2D eigenvalue weighted by Crippen LogP contribution is -2.43. The second-order valence-electron chi connectivity index (χ2n) is 4.93. The van der Waals surface area contributed by atoms with Gasteiger partial charge in [0.1, 0.15) is 5.82 Å². The Morgan fingerprint density at radius 2 is 2.06 bits per heavy atom. The lowest BCUT2D eigenvalue weighted by Gasteiger charge is -2.29. The molecule has 2 N–H and O–H groups in total. The molecule has 2 rings (SSSR count). The van der Waals surface area contributed by atoms with Crippen molar-refractivity contribution in [3.63, 3.8) is 0 Å². The highest BCUT2D eigenvalue weighted by molar-refractivity contribution is 5.78. The third-order valence-corrected chi connectivity index (χ3v) is 3.75. The van der Waals surface area contributed by atoms with Crippen molar-refractivity contribution in [1.82, 2.24) is 0 Å². The van der Waals surface area contributed by atoms with Gasteiger partial charge in [-0.05, 0) is 42.9 Å². The minimum atomic E-state index is -0.646. The minimum Gasteiger partial charge on any atom is -0.469 e. The fourth-order valence-electron chi connectivity index (χ4n) is 2.51. The molecule has 0 aliphatic heterocycles. The number of benzene rings is 1. The van der Waals surface area contributed by atoms with Crippen LogP contribution in [-0.4, -0.2) is 19.6 Å². The van der Waals surface area contributed by atoms with E-state index >= 15 is 0 Å². The van der Waals surface area contributed by atoms with Crippen molar-refractivity contribution in [2.24, 2.45) is 17.1 Å². The third-order valence-electron chi connectivity index (χ3n) is 3.75. The normalized spacial score (nSPS) is 18.2. The average molecular weight is 251 g/mol. The number of nitrogens with two attached hydrogens (primary N) is 1. The predicted octanol–water partition coefficient (Wildman–Crippen LogP) is 1.90. The molecule has 0 saturated heterocycles. The summed E-state index contributed by atoms with van der Waals surface area (Å²) in [6.07, 6.45) is 2.53. The number of rotatable bonds is 5. The van der Waals surface area contributed by atoms with Gasteiger partial charge < -0.3 is 10.5 Å². The Labute approximate surface area is 106 Å². The molecule has 0 spiro atoms. The van der Waals surface area contributed by atoms with Gasteiger partial charge in [-0.1, -0.05) is 12.1 Å². The molecule has 1 aromatic rings. The van der Waals surface area contributed by atoms with Crippen LogP contribution in [0.25, 0.3) is 0 Å². The van der Waals surface area contributed by atoms with Crippen LogP contribution in [0.3, 0.4) is 0 Å². The molecule has 3 nitrogen and oxygen atoms in total. The number of hydrogen-bond donors (Lipinski definition) is 1. The summed E-state index contributed by atoms with van der Waals surface area (Å²) in [5.41, 5.74) is 6.10. The number of ether oxygens (including phenoxy) is 1. The van der Waals surface area contributed by atoms with Gasteiger partial charge in [0, 0.05) is 6.54 Å². The molecule has 1 atom stereocenters. The maximum Gasteiger partial charge on any atom is 0.313 e. The van der Waals surface area contributed by atoms with Crippen LogP contribution < -0.4 is 5.73 Å². The molecule has 98 valence electrons. The Kier molecular flexibility index (Phi) is 3.66. The number of halogens is 1. The van der Waals surface area contributed by atoms with Gasteiger partial charge in [0.05, 0.1) is 12.5 Å². The van der Waals surface area contributed by atoms with Gasteiger partial charge >= 0.3 is 5.97 Å². The van der Waals surface area contributed by atoms with E-state index in [1.165, 1.54) is 19.2 Å². The molecule has 0 bridgehead atoms. The van der Waals surface area contributed by atoms with Crippen molar-refractivity contribution < 1.29 is 13.9 Å².